The molecule has 6 nitrogen and oxygen atoms in total. The van der Waals surface area contributed by atoms with Gasteiger partial charge in [-0.3, -0.25) is 14.4 Å². The minimum atomic E-state index is -0.798. The second-order valence-electron chi connectivity index (χ2n) is 20.9. The summed E-state index contributed by atoms with van der Waals surface area (Å²) in [6.07, 6.45) is 94.2. The highest BCUT2D eigenvalue weighted by Crippen LogP contribution is 2.15. The van der Waals surface area contributed by atoms with Crippen LogP contribution in [-0.4, -0.2) is 37.2 Å². The molecule has 1 atom stereocenters. The maximum absolute atomic E-state index is 12.9. The summed E-state index contributed by atoms with van der Waals surface area (Å²) in [6.45, 7) is 6.35. The number of hydrogen-bond acceptors (Lipinski definition) is 6. The molecule has 0 amide bonds. The minimum absolute atomic E-state index is 0.0940. The van der Waals surface area contributed by atoms with E-state index in [1.165, 1.54) is 77.0 Å². The van der Waals surface area contributed by atoms with Gasteiger partial charge in [0.2, 0.25) is 0 Å². The molecule has 0 rings (SSSR count). The van der Waals surface area contributed by atoms with Gasteiger partial charge in [-0.15, -0.1) is 0 Å². The minimum Gasteiger partial charge on any atom is -0.462 e. The third-order valence-corrected chi connectivity index (χ3v) is 13.3. The first-order valence-corrected chi connectivity index (χ1v) is 32.3. The highest BCUT2D eigenvalue weighted by Gasteiger charge is 2.19. The van der Waals surface area contributed by atoms with Crippen molar-refractivity contribution >= 4 is 17.9 Å². The number of hydrogen-bond donors (Lipinski definition) is 0. The Balaban J connectivity index is 4.35. The van der Waals surface area contributed by atoms with Crippen LogP contribution in [0.4, 0.5) is 0 Å². The number of rotatable bonds is 57. The van der Waals surface area contributed by atoms with Crippen molar-refractivity contribution < 1.29 is 28.6 Å². The molecule has 0 bridgehead atoms. The van der Waals surface area contributed by atoms with Crippen LogP contribution in [-0.2, 0) is 28.6 Å². The lowest BCUT2D eigenvalue weighted by Gasteiger charge is -2.18. The summed E-state index contributed by atoms with van der Waals surface area (Å²) < 4.78 is 16.9. The Kier molecular flexibility index (Phi) is 61.9. The number of esters is 3. The van der Waals surface area contributed by atoms with Crippen LogP contribution in [0.2, 0.25) is 0 Å². The summed E-state index contributed by atoms with van der Waals surface area (Å²) in [7, 11) is 0. The fraction of sp³-hybridized carbons (Fsp3) is 0.630. The Labute approximate surface area is 487 Å². The first-order chi connectivity index (χ1) is 39.0. The highest BCUT2D eigenvalue weighted by molar-refractivity contribution is 5.71. The molecule has 0 heterocycles. The molecule has 0 N–H and O–H groups in total. The second-order valence-corrected chi connectivity index (χ2v) is 20.9. The quantitative estimate of drug-likeness (QED) is 0.0261. The third-order valence-electron chi connectivity index (χ3n) is 13.3. The van der Waals surface area contributed by atoms with Crippen LogP contribution >= 0.6 is 0 Å². The van der Waals surface area contributed by atoms with Gasteiger partial charge >= 0.3 is 17.9 Å². The Hall–Kier alpha value is -4.71. The van der Waals surface area contributed by atoms with E-state index in [9.17, 15) is 14.4 Å². The van der Waals surface area contributed by atoms with Gasteiger partial charge in [0.25, 0.3) is 0 Å². The molecule has 446 valence electrons. The average Bonchev–Trinajstić information content (AvgIpc) is 3.45. The van der Waals surface area contributed by atoms with E-state index in [0.717, 1.165) is 161 Å². The van der Waals surface area contributed by atoms with E-state index in [0.29, 0.717) is 19.3 Å². The molecule has 0 aromatic carbocycles. The molecule has 0 saturated carbocycles. The predicted molar refractivity (Wildman–Crippen MR) is 343 cm³/mol. The molecular weight excluding hydrogens is 973 g/mol. The van der Waals surface area contributed by atoms with Gasteiger partial charge in [-0.05, 0) is 135 Å². The molecule has 6 heteroatoms. The number of ether oxygens (including phenoxy) is 3. The lowest BCUT2D eigenvalue weighted by Crippen LogP contribution is -2.30. The fourth-order valence-electron chi connectivity index (χ4n) is 8.51. The first kappa shape index (κ1) is 74.3. The molecule has 0 saturated heterocycles. The van der Waals surface area contributed by atoms with Crippen molar-refractivity contribution in [3.63, 3.8) is 0 Å². The lowest BCUT2D eigenvalue weighted by molar-refractivity contribution is -0.167. The van der Waals surface area contributed by atoms with Crippen LogP contribution in [0, 0.1) is 0 Å². The highest BCUT2D eigenvalue weighted by atomic mass is 16.6. The van der Waals surface area contributed by atoms with Gasteiger partial charge in [0.1, 0.15) is 13.2 Å². The Morgan fingerprint density at radius 3 is 0.785 bits per heavy atom. The summed E-state index contributed by atoms with van der Waals surface area (Å²) in [5.41, 5.74) is 0. The van der Waals surface area contributed by atoms with Crippen LogP contribution < -0.4 is 0 Å². The summed E-state index contributed by atoms with van der Waals surface area (Å²) in [5, 5.41) is 0. The molecule has 0 aliphatic rings. The SMILES string of the molecule is CC/C=C\C/C=C\C/C=C\C/C=C\C/C=C\C/C=C\CCCCCCCCCCC(=O)OCC(COC(=O)CCCCCCC/C=C\CCCC)OC(=O)CCCCCCCCC/C=C\C/C=C\C/C=C\C/C=C\C/C=C\CC. The summed E-state index contributed by atoms with van der Waals surface area (Å²) in [5.74, 6) is -0.923. The molecule has 0 radical (unpaired) electrons. The molecule has 0 aromatic heterocycles. The van der Waals surface area contributed by atoms with Crippen LogP contribution in [0.3, 0.4) is 0 Å². The zero-order chi connectivity index (χ0) is 57.1. The predicted octanol–water partition coefficient (Wildman–Crippen LogP) is 22.3. The number of allylic oxidation sites excluding steroid dienone is 24. The van der Waals surface area contributed by atoms with E-state index < -0.39 is 6.10 Å². The molecule has 0 fully saturated rings. The van der Waals surface area contributed by atoms with Crippen LogP contribution in [0.1, 0.15) is 278 Å². The van der Waals surface area contributed by atoms with Crippen molar-refractivity contribution in [1.29, 1.82) is 0 Å². The van der Waals surface area contributed by atoms with Crippen molar-refractivity contribution in [2.75, 3.05) is 13.2 Å². The molecule has 0 aromatic rings. The molecule has 0 aliphatic carbocycles. The Morgan fingerprint density at radius 1 is 0.266 bits per heavy atom. The fourth-order valence-corrected chi connectivity index (χ4v) is 8.51. The second kappa shape index (κ2) is 65.8. The van der Waals surface area contributed by atoms with Gasteiger partial charge in [-0.2, -0.15) is 0 Å². The largest absolute Gasteiger partial charge is 0.462 e. The van der Waals surface area contributed by atoms with Gasteiger partial charge in [0.05, 0.1) is 0 Å². The van der Waals surface area contributed by atoms with E-state index in [4.69, 9.17) is 14.2 Å². The molecule has 79 heavy (non-hydrogen) atoms. The third kappa shape index (κ3) is 64.0. The molecule has 0 spiro atoms. The topological polar surface area (TPSA) is 78.9 Å². The number of carbonyl (C=O) groups excluding carboxylic acids is 3. The van der Waals surface area contributed by atoms with E-state index >= 15 is 0 Å². The van der Waals surface area contributed by atoms with Crippen molar-refractivity contribution in [3.05, 3.63) is 146 Å². The normalized spacial score (nSPS) is 13.1. The van der Waals surface area contributed by atoms with Gasteiger partial charge in [-0.25, -0.2) is 0 Å². The summed E-state index contributed by atoms with van der Waals surface area (Å²) >= 11 is 0. The molecule has 0 aliphatic heterocycles. The smallest absolute Gasteiger partial charge is 0.306 e. The van der Waals surface area contributed by atoms with Gasteiger partial charge in [-0.1, -0.05) is 269 Å². The Morgan fingerprint density at radius 2 is 0.494 bits per heavy atom. The summed E-state index contributed by atoms with van der Waals surface area (Å²) in [4.78, 5) is 38.3. The van der Waals surface area contributed by atoms with Gasteiger partial charge in [0, 0.05) is 19.3 Å². The van der Waals surface area contributed by atoms with Crippen molar-refractivity contribution in [1.82, 2.24) is 0 Å². The van der Waals surface area contributed by atoms with Crippen molar-refractivity contribution in [3.8, 4) is 0 Å². The van der Waals surface area contributed by atoms with Crippen LogP contribution in [0.25, 0.3) is 0 Å². The van der Waals surface area contributed by atoms with Gasteiger partial charge in [0.15, 0.2) is 6.10 Å². The average molecular weight is 1090 g/mol. The zero-order valence-electron chi connectivity index (χ0n) is 51.1. The molecule has 1 unspecified atom stereocenters. The zero-order valence-corrected chi connectivity index (χ0v) is 51.1. The van der Waals surface area contributed by atoms with E-state index in [1.54, 1.807) is 0 Å². The van der Waals surface area contributed by atoms with E-state index in [1.807, 2.05) is 0 Å². The maximum Gasteiger partial charge on any atom is 0.306 e. The van der Waals surface area contributed by atoms with Gasteiger partial charge < -0.3 is 14.2 Å². The lowest BCUT2D eigenvalue weighted by atomic mass is 10.1. The monoisotopic (exact) mass is 1090 g/mol. The maximum atomic E-state index is 12.9. The van der Waals surface area contributed by atoms with Crippen molar-refractivity contribution in [2.24, 2.45) is 0 Å². The molecular formula is C73H118O6. The van der Waals surface area contributed by atoms with Crippen LogP contribution in [0.15, 0.2) is 146 Å². The van der Waals surface area contributed by atoms with Crippen LogP contribution in [0.5, 0.6) is 0 Å². The van der Waals surface area contributed by atoms with E-state index in [-0.39, 0.29) is 31.1 Å². The number of carbonyl (C=O) groups is 3. The number of unbranched alkanes of at least 4 members (excludes halogenated alkanes) is 22. The first-order valence-electron chi connectivity index (χ1n) is 32.3. The standard InChI is InChI=1S/C73H118O6/c1-4-7-10-13-16-19-22-24-26-28-30-32-34-35-36-37-39-40-42-44-46-48-51-54-57-60-63-66-72(75)78-69-70(68-77-71(74)65-62-59-56-53-50-21-18-15-12-9-6-3)79-73(76)67-64-61-58-55-52-49-47-45-43-41-38-33-31-29-27-25-23-20-17-14-11-8-5-2/h7-8,10-11,15-20,24-27,30-33,35-36,39-41,43,70H,4-6,9,12-14,21-23,28-29,34,37-38,42,44-69H2,1-3H3/b10-7-,11-8-,18-15-,19-16-,20-17-,26-24-,27-25-,32-30-,33-31-,36-35-,40-39-,43-41-. The van der Waals surface area contributed by atoms with Crippen molar-refractivity contribution in [2.45, 2.75) is 284 Å². The summed E-state index contributed by atoms with van der Waals surface area (Å²) in [6, 6.07) is 0. The Bertz CT molecular complexity index is 1730. The van der Waals surface area contributed by atoms with E-state index in [2.05, 4.69) is 167 Å².